The van der Waals surface area contributed by atoms with E-state index in [2.05, 4.69) is 25.7 Å². The lowest BCUT2D eigenvalue weighted by Gasteiger charge is -2.33. The Bertz CT molecular complexity index is 826. The number of piperidine rings is 1. The molecule has 3 N–H and O–H groups in total. The number of allylic oxidation sites excluding steroid dienone is 2. The molecule has 1 aromatic heterocycles. The van der Waals surface area contributed by atoms with Gasteiger partial charge in [-0.3, -0.25) is 5.10 Å². The number of hydrogen-bond donors (Lipinski definition) is 3. The molecule has 1 atom stereocenters. The van der Waals surface area contributed by atoms with Crippen molar-refractivity contribution in [3.05, 3.63) is 69.4 Å². The third-order valence-corrected chi connectivity index (χ3v) is 5.22. The first-order valence-electron chi connectivity index (χ1n) is 8.16. The van der Waals surface area contributed by atoms with E-state index in [1.54, 1.807) is 6.20 Å². The van der Waals surface area contributed by atoms with Crippen molar-refractivity contribution in [2.75, 3.05) is 18.4 Å². The topological polar surface area (TPSA) is 57.1 Å². The first kappa shape index (κ1) is 15.3. The molecule has 1 saturated heterocycles. The van der Waals surface area contributed by atoms with E-state index in [0.29, 0.717) is 10.9 Å². The number of nitrogens with zero attached hydrogens (tertiary/aromatic N) is 2. The molecule has 1 unspecified atom stereocenters. The smallest absolute Gasteiger partial charge is 0.196 e. The minimum Gasteiger partial charge on any atom is -0.354 e. The van der Waals surface area contributed by atoms with Crippen LogP contribution in [0.2, 0.25) is 5.02 Å². The lowest BCUT2D eigenvalue weighted by molar-refractivity contribution is 0.417. The zero-order valence-electron chi connectivity index (χ0n) is 13.1. The number of aromatic nitrogens is 2. The van der Waals surface area contributed by atoms with Crippen molar-refractivity contribution < 1.29 is 0 Å². The minimum atomic E-state index is -0.170. The van der Waals surface area contributed by atoms with E-state index >= 15 is 0 Å². The van der Waals surface area contributed by atoms with Crippen molar-refractivity contribution in [1.82, 2.24) is 15.5 Å². The Hall–Kier alpha value is -2.29. The average Bonchev–Trinajstić information content (AvgIpc) is 3.10. The van der Waals surface area contributed by atoms with Gasteiger partial charge in [0.1, 0.15) is 5.82 Å². The molecule has 0 saturated carbocycles. The van der Waals surface area contributed by atoms with Crippen LogP contribution in [0, 0.1) is 12.5 Å². The Morgan fingerprint density at radius 2 is 1.96 bits per heavy atom. The summed E-state index contributed by atoms with van der Waals surface area (Å²) in [7, 11) is 0. The zero-order valence-corrected chi connectivity index (χ0v) is 13.9. The molecule has 3 heterocycles. The Morgan fingerprint density at radius 3 is 2.71 bits per heavy atom. The first-order valence-corrected chi connectivity index (χ1v) is 8.54. The lowest BCUT2D eigenvalue weighted by atomic mass is 9.82. The normalized spacial score (nSPS) is 21.1. The van der Waals surface area contributed by atoms with Gasteiger partial charge in [0.05, 0.1) is 18.7 Å². The van der Waals surface area contributed by atoms with Crippen LogP contribution in [0.4, 0.5) is 5.82 Å². The average molecular weight is 340 g/mol. The van der Waals surface area contributed by atoms with Crippen molar-refractivity contribution in [2.45, 2.75) is 18.8 Å². The van der Waals surface area contributed by atoms with Crippen LogP contribution in [0.15, 0.2) is 41.9 Å². The number of anilines is 1. The summed E-state index contributed by atoms with van der Waals surface area (Å²) in [6, 6.07) is 7.76. The monoisotopic (exact) mass is 339 g/mol. The highest BCUT2D eigenvalue weighted by atomic mass is 35.5. The van der Waals surface area contributed by atoms with E-state index in [4.69, 9.17) is 18.2 Å². The van der Waals surface area contributed by atoms with Gasteiger partial charge in [-0.05, 0) is 43.5 Å². The van der Waals surface area contributed by atoms with Gasteiger partial charge in [-0.2, -0.15) is 5.10 Å². The highest BCUT2D eigenvalue weighted by Crippen LogP contribution is 2.45. The second kappa shape index (κ2) is 6.31. The summed E-state index contributed by atoms with van der Waals surface area (Å²) in [6.45, 7) is 9.79. The van der Waals surface area contributed by atoms with Gasteiger partial charge in [-0.1, -0.05) is 29.8 Å². The maximum Gasteiger partial charge on any atom is 0.196 e. The molecule has 0 aliphatic carbocycles. The number of fused-ring (bicyclic) bond motifs is 1. The molecule has 0 bridgehead atoms. The predicted molar refractivity (Wildman–Crippen MR) is 94.7 cm³/mol. The Kier molecular flexibility index (Phi) is 4.01. The molecule has 24 heavy (non-hydrogen) atoms. The third kappa shape index (κ3) is 2.48. The standard InChI is InChI=1S/C18H18ClN5/c1-20-17-15(12-4-2-3-5-14(12)19)13-10-22-24-18(13)23-16(17)11-6-8-21-9-7-11/h2-5,10-11,15,21H,6-9H2,(H2,22,23,24). The SMILES string of the molecule is [C-]#[N+]C1=C(C2CCNCC2)Nc2[nH]ncc2C1c1ccccc1Cl. The molecule has 2 aromatic rings. The van der Waals surface area contributed by atoms with Gasteiger partial charge in [0.15, 0.2) is 5.70 Å². The number of halogens is 1. The van der Waals surface area contributed by atoms with Gasteiger partial charge in [0.25, 0.3) is 0 Å². The van der Waals surface area contributed by atoms with Crippen molar-refractivity contribution in [3.63, 3.8) is 0 Å². The van der Waals surface area contributed by atoms with Crippen molar-refractivity contribution in [1.29, 1.82) is 0 Å². The van der Waals surface area contributed by atoms with Crippen molar-refractivity contribution in [2.24, 2.45) is 5.92 Å². The second-order valence-corrected chi connectivity index (χ2v) is 6.62. The first-order chi connectivity index (χ1) is 11.8. The molecule has 0 radical (unpaired) electrons. The number of rotatable bonds is 2. The molecule has 0 amide bonds. The number of benzene rings is 1. The number of nitrogens with one attached hydrogen (secondary N) is 3. The van der Waals surface area contributed by atoms with E-state index < -0.39 is 0 Å². The fourth-order valence-electron chi connectivity index (χ4n) is 3.69. The molecule has 5 nitrogen and oxygen atoms in total. The van der Waals surface area contributed by atoms with Gasteiger partial charge in [0, 0.05) is 16.3 Å². The highest BCUT2D eigenvalue weighted by Gasteiger charge is 2.35. The molecule has 1 aromatic carbocycles. The van der Waals surface area contributed by atoms with E-state index in [1.165, 1.54) is 0 Å². The minimum absolute atomic E-state index is 0.170. The second-order valence-electron chi connectivity index (χ2n) is 6.21. The molecule has 0 spiro atoms. The van der Waals surface area contributed by atoms with Crippen LogP contribution in [0.25, 0.3) is 4.85 Å². The zero-order chi connectivity index (χ0) is 16.5. The van der Waals surface area contributed by atoms with Crippen LogP contribution in [0.1, 0.15) is 29.9 Å². The summed E-state index contributed by atoms with van der Waals surface area (Å²) in [6.07, 6.45) is 3.85. The quantitative estimate of drug-likeness (QED) is 0.730. The fraction of sp³-hybridized carbons (Fsp3) is 0.333. The van der Waals surface area contributed by atoms with Gasteiger partial charge in [-0.25, -0.2) is 4.85 Å². The molecular formula is C18H18ClN5. The van der Waals surface area contributed by atoms with Crippen molar-refractivity contribution >= 4 is 17.4 Å². The number of aromatic amines is 1. The van der Waals surface area contributed by atoms with Crippen molar-refractivity contribution in [3.8, 4) is 0 Å². The van der Waals surface area contributed by atoms with E-state index in [1.807, 2.05) is 24.3 Å². The molecule has 6 heteroatoms. The third-order valence-electron chi connectivity index (χ3n) is 4.87. The van der Waals surface area contributed by atoms with Crippen LogP contribution < -0.4 is 10.6 Å². The van der Waals surface area contributed by atoms with Gasteiger partial charge in [0.2, 0.25) is 0 Å². The van der Waals surface area contributed by atoms with E-state index in [0.717, 1.165) is 54.3 Å². The van der Waals surface area contributed by atoms with Gasteiger partial charge >= 0.3 is 0 Å². The Morgan fingerprint density at radius 1 is 1.17 bits per heavy atom. The maximum atomic E-state index is 7.83. The van der Waals surface area contributed by atoms with Crippen LogP contribution in [-0.2, 0) is 0 Å². The summed E-state index contributed by atoms with van der Waals surface area (Å²) in [5, 5.41) is 14.7. The molecule has 2 aliphatic heterocycles. The number of hydrogen-bond acceptors (Lipinski definition) is 3. The Balaban J connectivity index is 1.87. The molecule has 4 rings (SSSR count). The highest BCUT2D eigenvalue weighted by molar-refractivity contribution is 6.31. The van der Waals surface area contributed by atoms with Crippen LogP contribution >= 0.6 is 11.6 Å². The fourth-order valence-corrected chi connectivity index (χ4v) is 3.93. The summed E-state index contributed by atoms with van der Waals surface area (Å²) in [4.78, 5) is 3.93. The predicted octanol–water partition coefficient (Wildman–Crippen LogP) is 3.75. The summed E-state index contributed by atoms with van der Waals surface area (Å²) in [5.41, 5.74) is 3.70. The summed E-state index contributed by atoms with van der Waals surface area (Å²) < 4.78 is 0. The van der Waals surface area contributed by atoms with Crippen LogP contribution in [0.3, 0.4) is 0 Å². The Labute approximate surface area is 145 Å². The summed E-state index contributed by atoms with van der Waals surface area (Å²) in [5.74, 6) is 1.06. The van der Waals surface area contributed by atoms with Gasteiger partial charge < -0.3 is 10.6 Å². The van der Waals surface area contributed by atoms with E-state index in [9.17, 15) is 0 Å². The molecule has 2 aliphatic rings. The number of H-pyrrole nitrogens is 1. The maximum absolute atomic E-state index is 7.83. The summed E-state index contributed by atoms with van der Waals surface area (Å²) >= 11 is 6.46. The lowest BCUT2D eigenvalue weighted by Crippen LogP contribution is -2.32. The van der Waals surface area contributed by atoms with Crippen LogP contribution in [0.5, 0.6) is 0 Å². The van der Waals surface area contributed by atoms with Crippen LogP contribution in [-0.4, -0.2) is 23.3 Å². The molecule has 1 fully saturated rings. The largest absolute Gasteiger partial charge is 0.354 e. The molecule has 122 valence electrons. The van der Waals surface area contributed by atoms with Gasteiger partial charge in [-0.15, -0.1) is 0 Å². The molecular weight excluding hydrogens is 322 g/mol. The van der Waals surface area contributed by atoms with E-state index in [-0.39, 0.29) is 5.92 Å².